The molecular formula is C20H14F2N2O5. The van der Waals surface area contributed by atoms with Gasteiger partial charge in [0.1, 0.15) is 35.4 Å². The van der Waals surface area contributed by atoms with Crippen LogP contribution in [-0.4, -0.2) is 15.0 Å². The predicted octanol–water partition coefficient (Wildman–Crippen LogP) is 4.62. The maximum absolute atomic E-state index is 14.1. The monoisotopic (exact) mass is 400 g/mol. The first-order valence-corrected chi connectivity index (χ1v) is 8.62. The molecule has 0 saturated carbocycles. The van der Waals surface area contributed by atoms with Crippen LogP contribution in [0.15, 0.2) is 54.7 Å². The maximum atomic E-state index is 14.1. The lowest BCUT2D eigenvalue weighted by Gasteiger charge is -2.30. The van der Waals surface area contributed by atoms with Gasteiger partial charge in [0.05, 0.1) is 11.0 Å². The first-order chi connectivity index (χ1) is 13.9. The summed E-state index contributed by atoms with van der Waals surface area (Å²) in [4.78, 5) is 14.0. The van der Waals surface area contributed by atoms with Gasteiger partial charge in [0.15, 0.2) is 0 Å². The zero-order chi connectivity index (χ0) is 20.5. The smallest absolute Gasteiger partial charge is 0.287 e. The van der Waals surface area contributed by atoms with Crippen molar-refractivity contribution < 1.29 is 28.3 Å². The molecule has 0 fully saturated rings. The molecule has 0 aliphatic carbocycles. The van der Waals surface area contributed by atoms with Gasteiger partial charge < -0.3 is 14.6 Å². The van der Waals surface area contributed by atoms with Gasteiger partial charge in [0.2, 0.25) is 5.88 Å². The third-order valence-electron chi connectivity index (χ3n) is 4.51. The highest BCUT2D eigenvalue weighted by Crippen LogP contribution is 2.43. The van der Waals surface area contributed by atoms with Crippen molar-refractivity contribution in [3.8, 4) is 17.4 Å². The second-order valence-electron chi connectivity index (χ2n) is 6.44. The molecule has 148 valence electrons. The molecule has 1 aliphatic heterocycles. The molecule has 2 unspecified atom stereocenters. The average Bonchev–Trinajstić information content (AvgIpc) is 2.69. The third-order valence-corrected chi connectivity index (χ3v) is 4.51. The number of ether oxygens (including phenoxy) is 2. The molecule has 7 nitrogen and oxygen atoms in total. The molecule has 3 aromatic rings. The molecule has 0 saturated heterocycles. The third kappa shape index (κ3) is 3.85. The Morgan fingerprint density at radius 2 is 1.97 bits per heavy atom. The van der Waals surface area contributed by atoms with Crippen molar-refractivity contribution in [3.05, 3.63) is 87.6 Å². The van der Waals surface area contributed by atoms with Gasteiger partial charge >= 0.3 is 0 Å². The maximum Gasteiger partial charge on any atom is 0.287 e. The summed E-state index contributed by atoms with van der Waals surface area (Å²) >= 11 is 0. The molecule has 0 amide bonds. The Morgan fingerprint density at radius 3 is 2.66 bits per heavy atom. The molecule has 0 bridgehead atoms. The fourth-order valence-corrected chi connectivity index (χ4v) is 3.10. The number of aromatic nitrogens is 1. The van der Waals surface area contributed by atoms with E-state index in [4.69, 9.17) is 9.47 Å². The SMILES string of the molecule is O=[N+]([O-])c1ccc(Oc2ccc3c(c2)C(O)CC(c2ccc(F)cc2F)O3)nc1. The minimum absolute atomic E-state index is 0.0782. The number of rotatable bonds is 4. The van der Waals surface area contributed by atoms with Crippen LogP contribution in [0.2, 0.25) is 0 Å². The summed E-state index contributed by atoms with van der Waals surface area (Å²) in [6, 6.07) is 10.5. The summed E-state index contributed by atoms with van der Waals surface area (Å²) in [7, 11) is 0. The fraction of sp³-hybridized carbons (Fsp3) is 0.150. The minimum atomic E-state index is -0.957. The predicted molar refractivity (Wildman–Crippen MR) is 96.7 cm³/mol. The van der Waals surface area contributed by atoms with E-state index in [1.165, 1.54) is 18.2 Å². The molecule has 2 atom stereocenters. The first kappa shape index (κ1) is 18.8. The lowest BCUT2D eigenvalue weighted by molar-refractivity contribution is -0.385. The summed E-state index contributed by atoms with van der Waals surface area (Å²) < 4.78 is 38.5. The van der Waals surface area contributed by atoms with Gasteiger partial charge in [-0.05, 0) is 30.3 Å². The molecule has 2 heterocycles. The molecule has 1 aromatic heterocycles. The second-order valence-corrected chi connectivity index (χ2v) is 6.44. The first-order valence-electron chi connectivity index (χ1n) is 8.62. The fourth-order valence-electron chi connectivity index (χ4n) is 3.10. The van der Waals surface area contributed by atoms with Gasteiger partial charge in [-0.3, -0.25) is 10.1 Å². The van der Waals surface area contributed by atoms with E-state index in [0.717, 1.165) is 18.3 Å². The van der Waals surface area contributed by atoms with Crippen LogP contribution in [0.1, 0.15) is 29.8 Å². The van der Waals surface area contributed by atoms with E-state index < -0.39 is 28.8 Å². The number of benzene rings is 2. The lowest BCUT2D eigenvalue weighted by atomic mass is 9.94. The Kier molecular flexibility index (Phi) is 4.81. The highest BCUT2D eigenvalue weighted by Gasteiger charge is 2.30. The molecule has 29 heavy (non-hydrogen) atoms. The van der Waals surface area contributed by atoms with Crippen LogP contribution in [0.25, 0.3) is 0 Å². The minimum Gasteiger partial charge on any atom is -0.485 e. The summed E-state index contributed by atoms with van der Waals surface area (Å²) in [5.41, 5.74) is 0.445. The summed E-state index contributed by atoms with van der Waals surface area (Å²) in [6.45, 7) is 0. The van der Waals surface area contributed by atoms with Gasteiger partial charge in [0.25, 0.3) is 5.69 Å². The van der Waals surface area contributed by atoms with Crippen LogP contribution in [0.3, 0.4) is 0 Å². The van der Waals surface area contributed by atoms with Crippen molar-refractivity contribution in [3.63, 3.8) is 0 Å². The summed E-state index contributed by atoms with van der Waals surface area (Å²) in [5.74, 6) is -0.590. The number of hydrogen-bond acceptors (Lipinski definition) is 6. The van der Waals surface area contributed by atoms with Crippen molar-refractivity contribution in [1.82, 2.24) is 4.98 Å². The molecular weight excluding hydrogens is 386 g/mol. The van der Waals surface area contributed by atoms with Crippen LogP contribution in [-0.2, 0) is 0 Å². The van der Waals surface area contributed by atoms with Gasteiger partial charge in [-0.2, -0.15) is 0 Å². The number of aliphatic hydroxyl groups excluding tert-OH is 1. The standard InChI is InChI=1S/C20H14F2N2O5/c21-11-1-4-14(16(22)7-11)19-9-17(25)15-8-13(3-5-18(15)29-19)28-20-6-2-12(10-23-20)24(26)27/h1-8,10,17,19,25H,9H2. The summed E-state index contributed by atoms with van der Waals surface area (Å²) in [6.07, 6.45) is -0.565. The van der Waals surface area contributed by atoms with Crippen LogP contribution in [0.4, 0.5) is 14.5 Å². The normalized spacial score (nSPS) is 17.9. The van der Waals surface area contributed by atoms with Gasteiger partial charge in [-0.15, -0.1) is 0 Å². The van der Waals surface area contributed by atoms with E-state index in [9.17, 15) is 24.0 Å². The molecule has 0 spiro atoms. The Balaban J connectivity index is 1.55. The molecule has 1 aliphatic rings. The van der Waals surface area contributed by atoms with Crippen molar-refractivity contribution in [2.75, 3.05) is 0 Å². The van der Waals surface area contributed by atoms with E-state index in [1.807, 2.05) is 0 Å². The Bertz CT molecular complexity index is 1070. The van der Waals surface area contributed by atoms with Crippen LogP contribution < -0.4 is 9.47 Å². The number of halogens is 2. The number of hydrogen-bond donors (Lipinski definition) is 1. The van der Waals surface area contributed by atoms with E-state index in [-0.39, 0.29) is 23.6 Å². The van der Waals surface area contributed by atoms with Crippen molar-refractivity contribution in [1.29, 1.82) is 0 Å². The average molecular weight is 400 g/mol. The molecule has 9 heteroatoms. The van der Waals surface area contributed by atoms with E-state index in [2.05, 4.69) is 4.98 Å². The Labute approximate surface area is 163 Å². The number of nitro groups is 1. The summed E-state index contributed by atoms with van der Waals surface area (Å²) in [5, 5.41) is 21.2. The number of pyridine rings is 1. The highest BCUT2D eigenvalue weighted by atomic mass is 19.1. The quantitative estimate of drug-likeness (QED) is 0.507. The van der Waals surface area contributed by atoms with Crippen LogP contribution in [0, 0.1) is 21.7 Å². The van der Waals surface area contributed by atoms with Crippen LogP contribution >= 0.6 is 0 Å². The van der Waals surface area contributed by atoms with E-state index in [1.54, 1.807) is 18.2 Å². The van der Waals surface area contributed by atoms with Crippen molar-refractivity contribution >= 4 is 5.69 Å². The Morgan fingerprint density at radius 1 is 1.14 bits per heavy atom. The lowest BCUT2D eigenvalue weighted by Crippen LogP contribution is -2.20. The van der Waals surface area contributed by atoms with Gasteiger partial charge in [-0.25, -0.2) is 13.8 Å². The van der Waals surface area contributed by atoms with Crippen molar-refractivity contribution in [2.24, 2.45) is 0 Å². The van der Waals surface area contributed by atoms with E-state index >= 15 is 0 Å². The van der Waals surface area contributed by atoms with Crippen molar-refractivity contribution in [2.45, 2.75) is 18.6 Å². The Hall–Kier alpha value is -3.59. The van der Waals surface area contributed by atoms with Crippen LogP contribution in [0.5, 0.6) is 17.4 Å². The second kappa shape index (κ2) is 7.44. The van der Waals surface area contributed by atoms with Gasteiger partial charge in [0, 0.05) is 35.7 Å². The largest absolute Gasteiger partial charge is 0.485 e. The molecule has 0 radical (unpaired) electrons. The topological polar surface area (TPSA) is 94.7 Å². The zero-order valence-electron chi connectivity index (χ0n) is 14.8. The molecule has 2 aromatic carbocycles. The zero-order valence-corrected chi connectivity index (χ0v) is 14.8. The van der Waals surface area contributed by atoms with E-state index in [0.29, 0.717) is 17.1 Å². The number of aliphatic hydroxyl groups is 1. The molecule has 1 N–H and O–H groups in total. The molecule has 4 rings (SSSR count). The number of nitrogens with zero attached hydrogens (tertiary/aromatic N) is 2. The highest BCUT2D eigenvalue weighted by molar-refractivity contribution is 5.45. The van der Waals surface area contributed by atoms with Gasteiger partial charge in [-0.1, -0.05) is 0 Å². The number of fused-ring (bicyclic) bond motifs is 1.